The molecule has 1 fully saturated rings. The number of nitrogens with one attached hydrogen (secondary N) is 1. The summed E-state index contributed by atoms with van der Waals surface area (Å²) in [7, 11) is 0. The zero-order valence-electron chi connectivity index (χ0n) is 12.4. The molecule has 1 N–H and O–H groups in total. The van der Waals surface area contributed by atoms with Gasteiger partial charge in [0.15, 0.2) is 0 Å². The summed E-state index contributed by atoms with van der Waals surface area (Å²) in [4.78, 5) is 6.87. The third-order valence-electron chi connectivity index (χ3n) is 3.76. The molecule has 2 heterocycles. The maximum Gasteiger partial charge on any atom is 0.0949 e. The summed E-state index contributed by atoms with van der Waals surface area (Å²) in [6, 6.07) is 0. The molecule has 1 aromatic rings. The molecule has 0 bridgehead atoms. The van der Waals surface area contributed by atoms with Gasteiger partial charge in [0.1, 0.15) is 0 Å². The van der Waals surface area contributed by atoms with Crippen LogP contribution >= 0.6 is 0 Å². The predicted molar refractivity (Wildman–Crippen MR) is 79.1 cm³/mol. The van der Waals surface area contributed by atoms with Gasteiger partial charge < -0.3 is 14.8 Å². The van der Waals surface area contributed by atoms with E-state index in [-0.39, 0.29) is 0 Å². The summed E-state index contributed by atoms with van der Waals surface area (Å²) in [6.45, 7) is 11.2. The van der Waals surface area contributed by atoms with Crippen LogP contribution < -0.4 is 5.32 Å². The number of piperidine rings is 1. The smallest absolute Gasteiger partial charge is 0.0949 e. The zero-order valence-corrected chi connectivity index (χ0v) is 12.4. The van der Waals surface area contributed by atoms with Crippen molar-refractivity contribution in [2.75, 3.05) is 26.2 Å². The largest absolute Gasteiger partial charge is 0.332 e. The molecule has 0 amide bonds. The third-order valence-corrected chi connectivity index (χ3v) is 3.76. The van der Waals surface area contributed by atoms with Crippen LogP contribution in [0.5, 0.6) is 0 Å². The minimum atomic E-state index is 0.699. The molecule has 108 valence electrons. The van der Waals surface area contributed by atoms with E-state index in [2.05, 4.69) is 33.6 Å². The van der Waals surface area contributed by atoms with Crippen molar-refractivity contribution in [3.63, 3.8) is 0 Å². The van der Waals surface area contributed by atoms with E-state index in [1.807, 2.05) is 12.5 Å². The molecule has 0 radical (unpaired) electrons. The van der Waals surface area contributed by atoms with E-state index in [1.165, 1.54) is 38.0 Å². The van der Waals surface area contributed by atoms with Gasteiger partial charge in [0.05, 0.1) is 12.0 Å². The molecule has 0 atom stereocenters. The Bertz CT molecular complexity index is 353. The van der Waals surface area contributed by atoms with Crippen molar-refractivity contribution < 1.29 is 0 Å². The number of aromatic nitrogens is 2. The van der Waals surface area contributed by atoms with E-state index in [0.29, 0.717) is 5.92 Å². The van der Waals surface area contributed by atoms with Crippen molar-refractivity contribution in [1.29, 1.82) is 0 Å². The Labute approximate surface area is 117 Å². The quantitative estimate of drug-likeness (QED) is 0.819. The average Bonchev–Trinajstić information content (AvgIpc) is 2.85. The molecule has 1 aliphatic rings. The molecule has 0 aromatic carbocycles. The Morgan fingerprint density at radius 3 is 2.74 bits per heavy atom. The first kappa shape index (κ1) is 14.5. The first-order valence-corrected chi connectivity index (χ1v) is 7.68. The second kappa shape index (κ2) is 7.65. The first-order chi connectivity index (χ1) is 9.25. The number of imidazole rings is 1. The summed E-state index contributed by atoms with van der Waals surface area (Å²) in [6.07, 6.45) is 8.10. The van der Waals surface area contributed by atoms with Gasteiger partial charge in [-0.3, -0.25) is 0 Å². The lowest BCUT2D eigenvalue weighted by atomic mass is 10.1. The topological polar surface area (TPSA) is 33.1 Å². The van der Waals surface area contributed by atoms with Crippen LogP contribution in [-0.4, -0.2) is 40.6 Å². The van der Waals surface area contributed by atoms with E-state index in [0.717, 1.165) is 26.2 Å². The van der Waals surface area contributed by atoms with Crippen molar-refractivity contribution in [3.8, 4) is 0 Å². The molecule has 1 aromatic heterocycles. The molecule has 1 saturated heterocycles. The van der Waals surface area contributed by atoms with Gasteiger partial charge in [-0.1, -0.05) is 20.3 Å². The molecule has 4 nitrogen and oxygen atoms in total. The summed E-state index contributed by atoms with van der Waals surface area (Å²) in [5.41, 5.74) is 1.30. The van der Waals surface area contributed by atoms with Gasteiger partial charge in [-0.05, 0) is 38.4 Å². The zero-order chi connectivity index (χ0) is 13.5. The van der Waals surface area contributed by atoms with E-state index >= 15 is 0 Å². The fourth-order valence-electron chi connectivity index (χ4n) is 2.62. The fraction of sp³-hybridized carbons (Fsp3) is 0.800. The lowest BCUT2D eigenvalue weighted by molar-refractivity contribution is 0.220. The van der Waals surface area contributed by atoms with Crippen LogP contribution in [0.3, 0.4) is 0 Å². The fourth-order valence-corrected chi connectivity index (χ4v) is 2.62. The van der Waals surface area contributed by atoms with Crippen LogP contribution in [0.2, 0.25) is 0 Å². The highest BCUT2D eigenvalue weighted by Crippen LogP contribution is 2.09. The van der Waals surface area contributed by atoms with Crippen LogP contribution in [0.25, 0.3) is 0 Å². The minimum absolute atomic E-state index is 0.699. The SMILES string of the molecule is CC(C)CNCc1cncn1CCN1CCCCC1. The van der Waals surface area contributed by atoms with Gasteiger partial charge in [-0.2, -0.15) is 0 Å². The highest BCUT2D eigenvalue weighted by molar-refractivity contribution is 4.98. The summed E-state index contributed by atoms with van der Waals surface area (Å²) in [5, 5.41) is 3.49. The number of hydrogen-bond donors (Lipinski definition) is 1. The molecular formula is C15H28N4. The molecule has 1 aliphatic heterocycles. The monoisotopic (exact) mass is 264 g/mol. The maximum atomic E-state index is 4.29. The van der Waals surface area contributed by atoms with Crippen LogP contribution in [0, 0.1) is 5.92 Å². The Balaban J connectivity index is 1.75. The van der Waals surface area contributed by atoms with Crippen LogP contribution in [-0.2, 0) is 13.1 Å². The van der Waals surface area contributed by atoms with Crippen LogP contribution in [0.4, 0.5) is 0 Å². The molecule has 0 aliphatic carbocycles. The van der Waals surface area contributed by atoms with Crippen molar-refractivity contribution in [1.82, 2.24) is 19.8 Å². The van der Waals surface area contributed by atoms with Crippen molar-refractivity contribution in [2.24, 2.45) is 5.92 Å². The molecule has 0 unspecified atom stereocenters. The predicted octanol–water partition coefficient (Wildman–Crippen LogP) is 2.11. The summed E-state index contributed by atoms with van der Waals surface area (Å²) < 4.78 is 2.29. The molecule has 2 rings (SSSR count). The third kappa shape index (κ3) is 4.96. The van der Waals surface area contributed by atoms with Gasteiger partial charge in [0.2, 0.25) is 0 Å². The molecule has 0 spiro atoms. The molecular weight excluding hydrogens is 236 g/mol. The van der Waals surface area contributed by atoms with E-state index in [4.69, 9.17) is 0 Å². The van der Waals surface area contributed by atoms with Gasteiger partial charge >= 0.3 is 0 Å². The van der Waals surface area contributed by atoms with E-state index < -0.39 is 0 Å². The van der Waals surface area contributed by atoms with Gasteiger partial charge in [-0.25, -0.2) is 4.98 Å². The van der Waals surface area contributed by atoms with Gasteiger partial charge in [0, 0.05) is 25.8 Å². The Morgan fingerprint density at radius 1 is 1.21 bits per heavy atom. The number of rotatable bonds is 7. The van der Waals surface area contributed by atoms with Gasteiger partial charge in [0.25, 0.3) is 0 Å². The first-order valence-electron chi connectivity index (χ1n) is 7.68. The second-order valence-corrected chi connectivity index (χ2v) is 6.01. The standard InChI is InChI=1S/C15H28N4/c1-14(2)10-16-11-15-12-17-13-19(15)9-8-18-6-4-3-5-7-18/h12-14,16H,3-11H2,1-2H3. The van der Waals surface area contributed by atoms with Crippen LogP contribution in [0.1, 0.15) is 38.8 Å². The molecule has 19 heavy (non-hydrogen) atoms. The Hall–Kier alpha value is -0.870. The normalized spacial score (nSPS) is 17.2. The van der Waals surface area contributed by atoms with E-state index in [1.54, 1.807) is 0 Å². The summed E-state index contributed by atoms with van der Waals surface area (Å²) in [5.74, 6) is 0.699. The highest BCUT2D eigenvalue weighted by Gasteiger charge is 2.10. The average molecular weight is 264 g/mol. The van der Waals surface area contributed by atoms with Crippen molar-refractivity contribution >= 4 is 0 Å². The second-order valence-electron chi connectivity index (χ2n) is 6.01. The number of hydrogen-bond acceptors (Lipinski definition) is 3. The summed E-state index contributed by atoms with van der Waals surface area (Å²) >= 11 is 0. The van der Waals surface area contributed by atoms with Crippen LogP contribution in [0.15, 0.2) is 12.5 Å². The molecule has 0 saturated carbocycles. The Morgan fingerprint density at radius 2 is 2.00 bits per heavy atom. The van der Waals surface area contributed by atoms with Crippen molar-refractivity contribution in [3.05, 3.63) is 18.2 Å². The van der Waals surface area contributed by atoms with Gasteiger partial charge in [-0.15, -0.1) is 0 Å². The lowest BCUT2D eigenvalue weighted by Crippen LogP contribution is -2.33. The number of likely N-dealkylation sites (tertiary alicyclic amines) is 1. The maximum absolute atomic E-state index is 4.29. The molecule has 4 heteroatoms. The highest BCUT2D eigenvalue weighted by atomic mass is 15.2. The number of nitrogens with zero attached hydrogens (tertiary/aromatic N) is 3. The lowest BCUT2D eigenvalue weighted by Gasteiger charge is -2.26. The Kier molecular flexibility index (Phi) is 5.86. The van der Waals surface area contributed by atoms with E-state index in [9.17, 15) is 0 Å². The minimum Gasteiger partial charge on any atom is -0.332 e. The van der Waals surface area contributed by atoms with Crippen molar-refractivity contribution in [2.45, 2.75) is 46.2 Å².